The first-order valence-corrected chi connectivity index (χ1v) is 9.80. The van der Waals surface area contributed by atoms with E-state index < -0.39 is 5.41 Å². The molecule has 3 N–H and O–H groups in total. The van der Waals surface area contributed by atoms with Gasteiger partial charge in [-0.1, -0.05) is 31.0 Å². The molecule has 1 saturated carbocycles. The largest absolute Gasteiger partial charge is 0.381 e. The molecule has 1 aromatic rings. The highest BCUT2D eigenvalue weighted by molar-refractivity contribution is 8.00. The van der Waals surface area contributed by atoms with E-state index in [0.717, 1.165) is 32.2 Å². The Morgan fingerprint density at radius 1 is 1.12 bits per heavy atom. The van der Waals surface area contributed by atoms with Gasteiger partial charge in [-0.3, -0.25) is 4.79 Å². The fourth-order valence-corrected chi connectivity index (χ4v) is 5.22. The normalized spacial score (nSPS) is 22.2. The number of hydrogen-bond acceptors (Lipinski definition) is 4. The van der Waals surface area contributed by atoms with Gasteiger partial charge in [-0.05, 0) is 37.8 Å². The lowest BCUT2D eigenvalue weighted by Crippen LogP contribution is -2.51. The maximum absolute atomic E-state index is 12.8. The Labute approximate surface area is 148 Å². The molecule has 2 fully saturated rings. The van der Waals surface area contributed by atoms with Gasteiger partial charge in [0, 0.05) is 35.9 Å². The van der Waals surface area contributed by atoms with Gasteiger partial charge < -0.3 is 15.8 Å². The van der Waals surface area contributed by atoms with E-state index in [1.54, 1.807) is 0 Å². The Morgan fingerprint density at radius 3 is 2.42 bits per heavy atom. The minimum atomic E-state index is -0.435. The SMILES string of the molecule is NCC1(C(=O)NCC2(Sc3ccccc3)CCCC2)CCOCC1. The Kier molecular flexibility index (Phi) is 5.85. The molecule has 1 aliphatic carbocycles. The lowest BCUT2D eigenvalue weighted by Gasteiger charge is -2.36. The predicted octanol–water partition coefficient (Wildman–Crippen LogP) is 2.96. The molecule has 1 aliphatic heterocycles. The summed E-state index contributed by atoms with van der Waals surface area (Å²) in [5.74, 6) is 0.119. The van der Waals surface area contributed by atoms with Crippen LogP contribution in [0.4, 0.5) is 0 Å². The summed E-state index contributed by atoms with van der Waals surface area (Å²) in [6, 6.07) is 10.5. The molecule has 5 heteroatoms. The molecule has 3 rings (SSSR count). The Bertz CT molecular complexity index is 538. The molecule has 0 aromatic heterocycles. The van der Waals surface area contributed by atoms with Crippen molar-refractivity contribution in [1.29, 1.82) is 0 Å². The first-order chi connectivity index (χ1) is 11.7. The lowest BCUT2D eigenvalue weighted by atomic mass is 9.79. The lowest BCUT2D eigenvalue weighted by molar-refractivity contribution is -0.136. The number of thioether (sulfide) groups is 1. The average molecular weight is 349 g/mol. The Hall–Kier alpha value is -1.04. The van der Waals surface area contributed by atoms with Crippen molar-refractivity contribution in [3.63, 3.8) is 0 Å². The van der Waals surface area contributed by atoms with Gasteiger partial charge in [0.05, 0.1) is 5.41 Å². The summed E-state index contributed by atoms with van der Waals surface area (Å²) in [4.78, 5) is 14.1. The minimum absolute atomic E-state index is 0.119. The van der Waals surface area contributed by atoms with Crippen molar-refractivity contribution in [3.8, 4) is 0 Å². The number of hydrogen-bond donors (Lipinski definition) is 2. The molecule has 4 nitrogen and oxygen atoms in total. The van der Waals surface area contributed by atoms with Crippen molar-refractivity contribution < 1.29 is 9.53 Å². The molecule has 1 heterocycles. The monoisotopic (exact) mass is 348 g/mol. The van der Waals surface area contributed by atoms with Crippen LogP contribution in [0, 0.1) is 5.41 Å². The van der Waals surface area contributed by atoms with Gasteiger partial charge in [0.25, 0.3) is 0 Å². The van der Waals surface area contributed by atoms with E-state index in [1.807, 2.05) is 17.8 Å². The molecule has 0 bridgehead atoms. The van der Waals surface area contributed by atoms with Crippen LogP contribution in [0.2, 0.25) is 0 Å². The summed E-state index contributed by atoms with van der Waals surface area (Å²) in [6.45, 7) is 2.40. The molecule has 1 amide bonds. The van der Waals surface area contributed by atoms with Gasteiger partial charge in [-0.15, -0.1) is 11.8 Å². The average Bonchev–Trinajstić information content (AvgIpc) is 3.10. The fraction of sp³-hybridized carbons (Fsp3) is 0.632. The van der Waals surface area contributed by atoms with E-state index in [0.29, 0.717) is 19.8 Å². The number of benzene rings is 1. The third kappa shape index (κ3) is 3.95. The van der Waals surface area contributed by atoms with Gasteiger partial charge in [0.2, 0.25) is 5.91 Å². The van der Waals surface area contributed by atoms with Gasteiger partial charge in [0.1, 0.15) is 0 Å². The number of rotatable bonds is 6. The summed E-state index contributed by atoms with van der Waals surface area (Å²) in [7, 11) is 0. The first-order valence-electron chi connectivity index (χ1n) is 8.98. The van der Waals surface area contributed by atoms with Crippen molar-refractivity contribution in [3.05, 3.63) is 30.3 Å². The van der Waals surface area contributed by atoms with Crippen molar-refractivity contribution in [2.24, 2.45) is 11.1 Å². The van der Waals surface area contributed by atoms with Gasteiger partial charge in [-0.2, -0.15) is 0 Å². The highest BCUT2D eigenvalue weighted by Gasteiger charge is 2.41. The van der Waals surface area contributed by atoms with Gasteiger partial charge in [0.15, 0.2) is 0 Å². The molecule has 0 unspecified atom stereocenters. The van der Waals surface area contributed by atoms with E-state index in [4.69, 9.17) is 10.5 Å². The fourth-order valence-electron chi connectivity index (χ4n) is 3.79. The zero-order valence-corrected chi connectivity index (χ0v) is 15.1. The molecule has 24 heavy (non-hydrogen) atoms. The molecule has 1 saturated heterocycles. The van der Waals surface area contributed by atoms with E-state index in [9.17, 15) is 4.79 Å². The number of carbonyl (C=O) groups excluding carboxylic acids is 1. The number of nitrogens with one attached hydrogen (secondary N) is 1. The third-order valence-corrected chi connectivity index (χ3v) is 6.98. The van der Waals surface area contributed by atoms with E-state index >= 15 is 0 Å². The maximum atomic E-state index is 12.8. The van der Waals surface area contributed by atoms with Crippen molar-refractivity contribution >= 4 is 17.7 Å². The number of amides is 1. The highest BCUT2D eigenvalue weighted by atomic mass is 32.2. The van der Waals surface area contributed by atoms with Crippen LogP contribution in [-0.4, -0.2) is 37.0 Å². The molecular formula is C19H28N2O2S. The van der Waals surface area contributed by atoms with Crippen LogP contribution >= 0.6 is 11.8 Å². The van der Waals surface area contributed by atoms with Crippen LogP contribution in [0.25, 0.3) is 0 Å². The Morgan fingerprint density at radius 2 is 1.79 bits per heavy atom. The smallest absolute Gasteiger partial charge is 0.227 e. The molecule has 0 radical (unpaired) electrons. The summed E-state index contributed by atoms with van der Waals surface area (Å²) in [5.41, 5.74) is 5.52. The van der Waals surface area contributed by atoms with Gasteiger partial charge in [-0.25, -0.2) is 0 Å². The molecule has 0 atom stereocenters. The zero-order chi connectivity index (χ0) is 16.9. The van der Waals surface area contributed by atoms with Crippen LogP contribution in [-0.2, 0) is 9.53 Å². The zero-order valence-electron chi connectivity index (χ0n) is 14.3. The topological polar surface area (TPSA) is 64.4 Å². The van der Waals surface area contributed by atoms with Crippen LogP contribution in [0.1, 0.15) is 38.5 Å². The quantitative estimate of drug-likeness (QED) is 0.829. The van der Waals surface area contributed by atoms with E-state index in [-0.39, 0.29) is 10.7 Å². The van der Waals surface area contributed by atoms with Crippen LogP contribution in [0.15, 0.2) is 35.2 Å². The number of nitrogens with two attached hydrogens (primary N) is 1. The van der Waals surface area contributed by atoms with Crippen molar-refractivity contribution in [2.75, 3.05) is 26.3 Å². The summed E-state index contributed by atoms with van der Waals surface area (Å²) < 4.78 is 5.54. The van der Waals surface area contributed by atoms with Crippen molar-refractivity contribution in [1.82, 2.24) is 5.32 Å². The third-order valence-electron chi connectivity index (χ3n) is 5.49. The molecular weight excluding hydrogens is 320 g/mol. The van der Waals surface area contributed by atoms with Gasteiger partial charge >= 0.3 is 0 Å². The second-order valence-electron chi connectivity index (χ2n) is 7.08. The Balaban J connectivity index is 1.64. The summed E-state index contributed by atoms with van der Waals surface area (Å²) in [5, 5.41) is 3.25. The molecule has 132 valence electrons. The van der Waals surface area contributed by atoms with Crippen molar-refractivity contribution in [2.45, 2.75) is 48.2 Å². The number of carbonyl (C=O) groups is 1. The minimum Gasteiger partial charge on any atom is -0.381 e. The van der Waals surface area contributed by atoms with E-state index in [2.05, 4.69) is 29.6 Å². The van der Waals surface area contributed by atoms with Crippen LogP contribution in [0.3, 0.4) is 0 Å². The maximum Gasteiger partial charge on any atom is 0.227 e. The molecule has 2 aliphatic rings. The highest BCUT2D eigenvalue weighted by Crippen LogP contribution is 2.45. The molecule has 1 aromatic carbocycles. The van der Waals surface area contributed by atoms with Crippen LogP contribution < -0.4 is 11.1 Å². The van der Waals surface area contributed by atoms with Crippen LogP contribution in [0.5, 0.6) is 0 Å². The number of ether oxygens (including phenoxy) is 1. The second-order valence-corrected chi connectivity index (χ2v) is 8.63. The summed E-state index contributed by atoms with van der Waals surface area (Å²) in [6.07, 6.45) is 6.26. The first kappa shape index (κ1) is 17.8. The second kappa shape index (κ2) is 7.89. The predicted molar refractivity (Wildman–Crippen MR) is 98.0 cm³/mol. The molecule has 0 spiro atoms. The summed E-state index contributed by atoms with van der Waals surface area (Å²) >= 11 is 1.92. The van der Waals surface area contributed by atoms with E-state index in [1.165, 1.54) is 17.7 Å². The standard InChI is InChI=1S/C19H28N2O2S/c20-14-18(10-12-23-13-11-18)17(22)21-15-19(8-4-5-9-19)24-16-6-2-1-3-7-16/h1-3,6-7H,4-5,8-15,20H2,(H,21,22).